The molecule has 0 aliphatic carbocycles. The van der Waals surface area contributed by atoms with E-state index in [0.717, 1.165) is 24.0 Å². The number of ether oxygens (including phenoxy) is 1. The lowest BCUT2D eigenvalue weighted by atomic mass is 10.0. The van der Waals surface area contributed by atoms with Gasteiger partial charge in [0.15, 0.2) is 5.72 Å². The number of nitrogens with zero attached hydrogens (tertiary/aromatic N) is 2. The van der Waals surface area contributed by atoms with Crippen LogP contribution in [0.25, 0.3) is 11.1 Å². The van der Waals surface area contributed by atoms with E-state index in [1.165, 1.54) is 5.56 Å². The second-order valence-corrected chi connectivity index (χ2v) is 8.23. The van der Waals surface area contributed by atoms with Gasteiger partial charge in [-0.1, -0.05) is 49.7 Å². The van der Waals surface area contributed by atoms with Crippen LogP contribution < -0.4 is 0 Å². The van der Waals surface area contributed by atoms with Gasteiger partial charge in [-0.05, 0) is 35.2 Å². The fourth-order valence-corrected chi connectivity index (χ4v) is 5.16. The number of hydrogen-bond acceptors (Lipinski definition) is 3. The van der Waals surface area contributed by atoms with Crippen LogP contribution in [0.15, 0.2) is 48.5 Å². The zero-order valence-electron chi connectivity index (χ0n) is 16.8. The molecule has 0 unspecified atom stereocenters. The van der Waals surface area contributed by atoms with Gasteiger partial charge in [0, 0.05) is 25.1 Å². The molecule has 2 aromatic rings. The quantitative estimate of drug-likeness (QED) is 0.803. The van der Waals surface area contributed by atoms with Gasteiger partial charge >= 0.3 is 0 Å². The topological polar surface area (TPSA) is 49.9 Å². The first kappa shape index (κ1) is 18.4. The Morgan fingerprint density at radius 2 is 1.76 bits per heavy atom. The Balaban J connectivity index is 1.34. The molecule has 3 aliphatic rings. The molecule has 0 bridgehead atoms. The summed E-state index contributed by atoms with van der Waals surface area (Å²) in [4.78, 5) is 29.2. The van der Waals surface area contributed by atoms with Crippen LogP contribution >= 0.6 is 0 Å². The number of carbonyl (C=O) groups is 2. The van der Waals surface area contributed by atoms with E-state index in [1.807, 2.05) is 34.1 Å². The molecule has 0 saturated carbocycles. The molecule has 0 N–H and O–H groups in total. The van der Waals surface area contributed by atoms with Crippen molar-refractivity contribution < 1.29 is 14.3 Å². The minimum atomic E-state index is -0.576. The number of amides is 2. The Morgan fingerprint density at radius 3 is 2.45 bits per heavy atom. The van der Waals surface area contributed by atoms with E-state index in [2.05, 4.69) is 31.2 Å². The van der Waals surface area contributed by atoms with E-state index in [1.54, 1.807) is 0 Å². The summed E-state index contributed by atoms with van der Waals surface area (Å²) in [6.45, 7) is 4.02. The molecule has 0 radical (unpaired) electrons. The smallest absolute Gasteiger partial charge is 0.254 e. The van der Waals surface area contributed by atoms with Crippen molar-refractivity contribution in [2.75, 3.05) is 19.7 Å². The van der Waals surface area contributed by atoms with Crippen LogP contribution in [0.4, 0.5) is 0 Å². The van der Waals surface area contributed by atoms with Crippen molar-refractivity contribution in [3.05, 3.63) is 59.7 Å². The monoisotopic (exact) mass is 390 g/mol. The van der Waals surface area contributed by atoms with Crippen molar-refractivity contribution in [3.8, 4) is 11.1 Å². The third-order valence-electron chi connectivity index (χ3n) is 6.62. The van der Waals surface area contributed by atoms with Crippen molar-refractivity contribution in [3.63, 3.8) is 0 Å². The SMILES string of the molecule is CCCc1ccc(-c2ccc(C(=O)N3CC[C@@]45OCCN4C(=O)C[C@@H]35)cc2)cc1. The second-order valence-electron chi connectivity index (χ2n) is 8.23. The molecule has 29 heavy (non-hydrogen) atoms. The number of rotatable bonds is 4. The average molecular weight is 390 g/mol. The predicted octanol–water partition coefficient (Wildman–Crippen LogP) is 3.48. The largest absolute Gasteiger partial charge is 0.351 e. The number of likely N-dealkylation sites (tertiary alicyclic amines) is 1. The Kier molecular flexibility index (Phi) is 4.43. The number of hydrogen-bond donors (Lipinski definition) is 0. The fraction of sp³-hybridized carbons (Fsp3) is 0.417. The third kappa shape index (κ3) is 2.87. The first-order chi connectivity index (χ1) is 14.1. The zero-order chi connectivity index (χ0) is 20.0. The highest BCUT2D eigenvalue weighted by Crippen LogP contribution is 2.45. The van der Waals surface area contributed by atoms with Crippen LogP contribution in [0, 0.1) is 0 Å². The molecule has 5 nitrogen and oxygen atoms in total. The Morgan fingerprint density at radius 1 is 1.07 bits per heavy atom. The van der Waals surface area contributed by atoms with Gasteiger partial charge in [0.2, 0.25) is 5.91 Å². The van der Waals surface area contributed by atoms with Crippen LogP contribution in [0.2, 0.25) is 0 Å². The fourth-order valence-electron chi connectivity index (χ4n) is 5.16. The molecule has 3 saturated heterocycles. The molecule has 3 aliphatic heterocycles. The maximum Gasteiger partial charge on any atom is 0.254 e. The molecule has 2 aromatic carbocycles. The van der Waals surface area contributed by atoms with Crippen molar-refractivity contribution in [2.24, 2.45) is 0 Å². The van der Waals surface area contributed by atoms with Gasteiger partial charge in [0.25, 0.3) is 5.91 Å². The lowest BCUT2D eigenvalue weighted by molar-refractivity contribution is -0.136. The second kappa shape index (κ2) is 6.99. The van der Waals surface area contributed by atoms with Gasteiger partial charge in [-0.2, -0.15) is 0 Å². The van der Waals surface area contributed by atoms with Crippen LogP contribution in [-0.2, 0) is 16.0 Å². The van der Waals surface area contributed by atoms with Crippen LogP contribution in [0.5, 0.6) is 0 Å². The molecular formula is C24H26N2O3. The van der Waals surface area contributed by atoms with Crippen molar-refractivity contribution in [1.82, 2.24) is 9.80 Å². The molecule has 2 atom stereocenters. The van der Waals surface area contributed by atoms with Crippen molar-refractivity contribution in [1.29, 1.82) is 0 Å². The van der Waals surface area contributed by atoms with E-state index in [-0.39, 0.29) is 17.9 Å². The summed E-state index contributed by atoms with van der Waals surface area (Å²) in [5, 5.41) is 0. The Bertz CT molecular complexity index is 938. The summed E-state index contributed by atoms with van der Waals surface area (Å²) in [5.74, 6) is 0.0914. The minimum absolute atomic E-state index is 0.0122. The van der Waals surface area contributed by atoms with E-state index in [0.29, 0.717) is 38.1 Å². The summed E-state index contributed by atoms with van der Waals surface area (Å²) in [6.07, 6.45) is 3.31. The van der Waals surface area contributed by atoms with Crippen LogP contribution in [0.3, 0.4) is 0 Å². The average Bonchev–Trinajstić information content (AvgIpc) is 3.39. The lowest BCUT2D eigenvalue weighted by Gasteiger charge is -2.31. The maximum absolute atomic E-state index is 13.2. The first-order valence-corrected chi connectivity index (χ1v) is 10.6. The summed E-state index contributed by atoms with van der Waals surface area (Å²) >= 11 is 0. The molecule has 3 heterocycles. The Labute approximate surface area is 171 Å². The van der Waals surface area contributed by atoms with E-state index < -0.39 is 5.72 Å². The molecule has 5 heteroatoms. The normalized spacial score (nSPS) is 25.4. The molecule has 5 rings (SSSR count). The van der Waals surface area contributed by atoms with Gasteiger partial charge in [-0.3, -0.25) is 9.59 Å². The number of aryl methyl sites for hydroxylation is 1. The van der Waals surface area contributed by atoms with Gasteiger partial charge in [-0.15, -0.1) is 0 Å². The first-order valence-electron chi connectivity index (χ1n) is 10.6. The number of carbonyl (C=O) groups excluding carboxylic acids is 2. The van der Waals surface area contributed by atoms with E-state index in [4.69, 9.17) is 4.74 Å². The van der Waals surface area contributed by atoms with Crippen LogP contribution in [-0.4, -0.2) is 53.1 Å². The molecule has 2 amide bonds. The predicted molar refractivity (Wildman–Crippen MR) is 110 cm³/mol. The van der Waals surface area contributed by atoms with Crippen molar-refractivity contribution >= 4 is 11.8 Å². The lowest BCUT2D eigenvalue weighted by Crippen LogP contribution is -2.48. The molecule has 0 aromatic heterocycles. The highest BCUT2D eigenvalue weighted by Gasteiger charge is 2.62. The molecule has 150 valence electrons. The summed E-state index contributed by atoms with van der Waals surface area (Å²) in [5.41, 5.74) is 3.69. The van der Waals surface area contributed by atoms with Crippen molar-refractivity contribution in [2.45, 2.75) is 44.4 Å². The molecule has 3 fully saturated rings. The highest BCUT2D eigenvalue weighted by molar-refractivity contribution is 5.96. The number of benzene rings is 2. The summed E-state index contributed by atoms with van der Waals surface area (Å²) in [7, 11) is 0. The molecular weight excluding hydrogens is 364 g/mol. The molecule has 1 spiro atoms. The minimum Gasteiger partial charge on any atom is -0.351 e. The zero-order valence-corrected chi connectivity index (χ0v) is 16.8. The van der Waals surface area contributed by atoms with Gasteiger partial charge in [0.05, 0.1) is 19.1 Å². The standard InChI is InChI=1S/C24H26N2O3/c1-2-3-17-4-6-18(7-5-17)19-8-10-20(11-9-19)23(28)25-13-12-24-21(25)16-22(27)26(24)14-15-29-24/h4-11,21H,2-3,12-16H2,1H3/t21-,24+/m1/s1. The van der Waals surface area contributed by atoms with E-state index >= 15 is 0 Å². The summed E-state index contributed by atoms with van der Waals surface area (Å²) in [6, 6.07) is 16.3. The Hall–Kier alpha value is -2.66. The van der Waals surface area contributed by atoms with Gasteiger partial charge in [-0.25, -0.2) is 0 Å². The van der Waals surface area contributed by atoms with E-state index in [9.17, 15) is 9.59 Å². The summed E-state index contributed by atoms with van der Waals surface area (Å²) < 4.78 is 5.99. The van der Waals surface area contributed by atoms with Gasteiger partial charge in [0.1, 0.15) is 0 Å². The highest BCUT2D eigenvalue weighted by atomic mass is 16.5. The maximum atomic E-state index is 13.2. The van der Waals surface area contributed by atoms with Crippen LogP contribution in [0.1, 0.15) is 42.1 Å². The third-order valence-corrected chi connectivity index (χ3v) is 6.62. The van der Waals surface area contributed by atoms with Gasteiger partial charge < -0.3 is 14.5 Å².